The number of aromatic hydroxyl groups is 1. The maximum absolute atomic E-state index is 12.2. The van der Waals surface area contributed by atoms with Gasteiger partial charge in [0, 0.05) is 6.54 Å². The Bertz CT molecular complexity index is 610. The lowest BCUT2D eigenvalue weighted by molar-refractivity contribution is -0.140. The van der Waals surface area contributed by atoms with E-state index in [9.17, 15) is 14.7 Å². The van der Waals surface area contributed by atoms with E-state index in [1.54, 1.807) is 30.3 Å². The van der Waals surface area contributed by atoms with Crippen LogP contribution in [0.4, 0.5) is 0 Å². The van der Waals surface area contributed by atoms with Crippen molar-refractivity contribution in [3.8, 4) is 5.75 Å². The van der Waals surface area contributed by atoms with E-state index >= 15 is 0 Å². The number of thioether (sulfide) groups is 1. The van der Waals surface area contributed by atoms with Crippen LogP contribution in [0, 0.1) is 0 Å². The Balaban J connectivity index is 2.10. The Hall–Kier alpha value is -1.86. The van der Waals surface area contributed by atoms with Crippen LogP contribution in [0.25, 0.3) is 6.08 Å². The molecule has 2 rings (SSSR count). The molecule has 0 radical (unpaired) electrons. The van der Waals surface area contributed by atoms with Crippen molar-refractivity contribution in [3.05, 3.63) is 34.7 Å². The van der Waals surface area contributed by atoms with Crippen LogP contribution < -0.4 is 0 Å². The first-order chi connectivity index (χ1) is 10.0. The summed E-state index contributed by atoms with van der Waals surface area (Å²) in [6.07, 6.45) is 1.81. The molecule has 7 heteroatoms. The number of esters is 1. The monoisotopic (exact) mass is 323 g/mol. The van der Waals surface area contributed by atoms with Crippen LogP contribution in [0.2, 0.25) is 0 Å². The molecule has 0 bridgehead atoms. The molecule has 0 aromatic heterocycles. The first kappa shape index (κ1) is 15.5. The maximum atomic E-state index is 12.2. The van der Waals surface area contributed by atoms with Gasteiger partial charge < -0.3 is 9.84 Å². The lowest BCUT2D eigenvalue weighted by Gasteiger charge is -2.12. The summed E-state index contributed by atoms with van der Waals surface area (Å²) < 4.78 is 4.97. The van der Waals surface area contributed by atoms with Crippen LogP contribution in [0.5, 0.6) is 5.75 Å². The summed E-state index contributed by atoms with van der Waals surface area (Å²) in [5.41, 5.74) is 0.793. The van der Waals surface area contributed by atoms with Crippen molar-refractivity contribution in [2.45, 2.75) is 6.42 Å². The third-order valence-electron chi connectivity index (χ3n) is 2.83. The zero-order valence-corrected chi connectivity index (χ0v) is 12.9. The largest absolute Gasteiger partial charge is 0.508 e. The van der Waals surface area contributed by atoms with Crippen molar-refractivity contribution in [1.82, 2.24) is 4.90 Å². The summed E-state index contributed by atoms with van der Waals surface area (Å²) >= 11 is 6.35. The highest BCUT2D eigenvalue weighted by atomic mass is 32.2. The van der Waals surface area contributed by atoms with Crippen LogP contribution in [0.15, 0.2) is 29.2 Å². The van der Waals surface area contributed by atoms with Crippen molar-refractivity contribution in [2.24, 2.45) is 0 Å². The van der Waals surface area contributed by atoms with Gasteiger partial charge in [0.15, 0.2) is 0 Å². The SMILES string of the molecule is COC(=O)CCN1C(=O)/C(=C\c2ccc(O)cc2)SC1=S. The summed E-state index contributed by atoms with van der Waals surface area (Å²) in [6.45, 7) is 0.213. The number of phenols is 1. The van der Waals surface area contributed by atoms with E-state index in [0.29, 0.717) is 9.23 Å². The standard InChI is InChI=1S/C14H13NO4S2/c1-19-12(17)6-7-15-13(18)11(21-14(15)20)8-9-2-4-10(16)5-3-9/h2-5,8,16H,6-7H2,1H3/b11-8+. The molecule has 0 unspecified atom stereocenters. The Morgan fingerprint density at radius 1 is 1.43 bits per heavy atom. The smallest absolute Gasteiger partial charge is 0.307 e. The van der Waals surface area contributed by atoms with E-state index in [2.05, 4.69) is 4.74 Å². The van der Waals surface area contributed by atoms with E-state index < -0.39 is 0 Å². The van der Waals surface area contributed by atoms with Gasteiger partial charge in [-0.1, -0.05) is 36.1 Å². The fourth-order valence-electron chi connectivity index (χ4n) is 1.72. The van der Waals surface area contributed by atoms with Gasteiger partial charge in [-0.15, -0.1) is 0 Å². The fraction of sp³-hybridized carbons (Fsp3) is 0.214. The van der Waals surface area contributed by atoms with Gasteiger partial charge in [0.2, 0.25) is 0 Å². The highest BCUT2D eigenvalue weighted by Crippen LogP contribution is 2.32. The molecular weight excluding hydrogens is 310 g/mol. The second-order valence-corrected chi connectivity index (χ2v) is 5.93. The van der Waals surface area contributed by atoms with E-state index in [1.807, 2.05) is 0 Å². The van der Waals surface area contributed by atoms with Gasteiger partial charge >= 0.3 is 5.97 Å². The van der Waals surface area contributed by atoms with Crippen LogP contribution in [-0.2, 0) is 14.3 Å². The fourth-order valence-corrected chi connectivity index (χ4v) is 3.03. The first-order valence-corrected chi connectivity index (χ1v) is 7.35. The molecule has 1 aromatic carbocycles. The van der Waals surface area contributed by atoms with E-state index in [0.717, 1.165) is 5.56 Å². The van der Waals surface area contributed by atoms with E-state index in [4.69, 9.17) is 12.2 Å². The van der Waals surface area contributed by atoms with Crippen LogP contribution in [0.1, 0.15) is 12.0 Å². The van der Waals surface area contributed by atoms with Crippen molar-refractivity contribution >= 4 is 46.3 Å². The van der Waals surface area contributed by atoms with Crippen LogP contribution >= 0.6 is 24.0 Å². The lowest BCUT2D eigenvalue weighted by atomic mass is 10.2. The van der Waals surface area contributed by atoms with Crippen LogP contribution in [-0.4, -0.2) is 39.9 Å². The van der Waals surface area contributed by atoms with Gasteiger partial charge in [-0.25, -0.2) is 0 Å². The molecule has 1 amide bonds. The molecule has 1 aliphatic heterocycles. The quantitative estimate of drug-likeness (QED) is 0.520. The number of methoxy groups -OCH3 is 1. The predicted molar refractivity (Wildman–Crippen MR) is 84.6 cm³/mol. The molecule has 1 aromatic rings. The van der Waals surface area contributed by atoms with Crippen LogP contribution in [0.3, 0.4) is 0 Å². The van der Waals surface area contributed by atoms with Crippen molar-refractivity contribution in [1.29, 1.82) is 0 Å². The number of ether oxygens (including phenoxy) is 1. The molecule has 0 atom stereocenters. The van der Waals surface area contributed by atoms with E-state index in [1.165, 1.54) is 23.8 Å². The zero-order chi connectivity index (χ0) is 15.4. The summed E-state index contributed by atoms with van der Waals surface area (Å²) in [4.78, 5) is 25.3. The number of phenolic OH excluding ortho intramolecular Hbond substituents is 1. The number of nitrogens with zero attached hydrogens (tertiary/aromatic N) is 1. The first-order valence-electron chi connectivity index (χ1n) is 6.12. The van der Waals surface area contributed by atoms with Gasteiger partial charge in [-0.3, -0.25) is 14.5 Å². The number of hydrogen-bond acceptors (Lipinski definition) is 6. The number of hydrogen-bond donors (Lipinski definition) is 1. The van der Waals surface area contributed by atoms with Gasteiger partial charge in [0.1, 0.15) is 10.1 Å². The minimum atomic E-state index is -0.383. The minimum absolute atomic E-state index is 0.107. The Morgan fingerprint density at radius 2 is 2.10 bits per heavy atom. The summed E-state index contributed by atoms with van der Waals surface area (Å²) in [5.74, 6) is -0.439. The highest BCUT2D eigenvalue weighted by molar-refractivity contribution is 8.26. The molecule has 110 valence electrons. The predicted octanol–water partition coefficient (Wildman–Crippen LogP) is 2.16. The average molecular weight is 323 g/mol. The molecule has 1 saturated heterocycles. The molecule has 1 heterocycles. The average Bonchev–Trinajstić information content (AvgIpc) is 2.73. The molecule has 1 aliphatic rings. The third kappa shape index (κ3) is 3.83. The second-order valence-electron chi connectivity index (χ2n) is 4.25. The molecule has 0 saturated carbocycles. The second kappa shape index (κ2) is 6.73. The minimum Gasteiger partial charge on any atom is -0.508 e. The van der Waals surface area contributed by atoms with E-state index in [-0.39, 0.29) is 30.6 Å². The van der Waals surface area contributed by atoms with Gasteiger partial charge in [-0.05, 0) is 23.8 Å². The Morgan fingerprint density at radius 3 is 2.71 bits per heavy atom. The molecule has 21 heavy (non-hydrogen) atoms. The number of carbonyl (C=O) groups excluding carboxylic acids is 2. The topological polar surface area (TPSA) is 66.8 Å². The summed E-state index contributed by atoms with van der Waals surface area (Å²) in [5, 5.41) is 9.23. The molecule has 1 fully saturated rings. The summed E-state index contributed by atoms with van der Waals surface area (Å²) in [6, 6.07) is 6.50. The number of benzene rings is 1. The summed E-state index contributed by atoms with van der Waals surface area (Å²) in [7, 11) is 1.30. The molecular formula is C14H13NO4S2. The molecule has 1 N–H and O–H groups in total. The van der Waals surface area contributed by atoms with Crippen molar-refractivity contribution in [2.75, 3.05) is 13.7 Å². The third-order valence-corrected chi connectivity index (χ3v) is 4.21. The molecule has 5 nitrogen and oxygen atoms in total. The molecule has 0 spiro atoms. The zero-order valence-electron chi connectivity index (χ0n) is 11.2. The number of thiocarbonyl (C=S) groups is 1. The van der Waals surface area contributed by atoms with Gasteiger partial charge in [0.05, 0.1) is 18.4 Å². The van der Waals surface area contributed by atoms with Gasteiger partial charge in [-0.2, -0.15) is 0 Å². The van der Waals surface area contributed by atoms with Crippen molar-refractivity contribution < 1.29 is 19.4 Å². The molecule has 0 aliphatic carbocycles. The number of amides is 1. The normalized spacial score (nSPS) is 16.6. The number of carbonyl (C=O) groups is 2. The van der Waals surface area contributed by atoms with Crippen molar-refractivity contribution in [3.63, 3.8) is 0 Å². The lowest BCUT2D eigenvalue weighted by Crippen LogP contribution is -2.30. The Labute approximate surface area is 131 Å². The van der Waals surface area contributed by atoms with Gasteiger partial charge in [0.25, 0.3) is 5.91 Å². The number of rotatable bonds is 4. The maximum Gasteiger partial charge on any atom is 0.307 e. The highest BCUT2D eigenvalue weighted by Gasteiger charge is 2.32. The Kier molecular flexibility index (Phi) is 4.98.